The Bertz CT molecular complexity index is 491. The maximum atomic E-state index is 12.9. The van der Waals surface area contributed by atoms with Gasteiger partial charge in [-0.1, -0.05) is 12.1 Å². The number of halogens is 4. The van der Waals surface area contributed by atoms with Crippen LogP contribution >= 0.6 is 12.4 Å². The van der Waals surface area contributed by atoms with Crippen LogP contribution in [-0.2, 0) is 17.5 Å². The summed E-state index contributed by atoms with van der Waals surface area (Å²) in [6, 6.07) is 4.42. The lowest BCUT2D eigenvalue weighted by Gasteiger charge is -2.38. The molecule has 2 nitrogen and oxygen atoms in total. The van der Waals surface area contributed by atoms with Crippen molar-refractivity contribution in [1.29, 1.82) is 0 Å². The van der Waals surface area contributed by atoms with Gasteiger partial charge in [-0.05, 0) is 24.1 Å². The number of benzene rings is 1. The third kappa shape index (κ3) is 2.24. The molecule has 2 atom stereocenters. The summed E-state index contributed by atoms with van der Waals surface area (Å²) >= 11 is 0. The summed E-state index contributed by atoms with van der Waals surface area (Å²) in [5.74, 6) is 0.00329. The molecule has 106 valence electrons. The monoisotopic (exact) mass is 293 g/mol. The molecule has 1 N–H and O–H groups in total. The minimum Gasteiger partial charge on any atom is -0.369 e. The molecule has 3 rings (SSSR count). The molecule has 1 fully saturated rings. The van der Waals surface area contributed by atoms with Crippen LogP contribution in [0.3, 0.4) is 0 Å². The highest BCUT2D eigenvalue weighted by atomic mass is 35.5. The summed E-state index contributed by atoms with van der Waals surface area (Å²) in [4.78, 5) is 0. The van der Waals surface area contributed by atoms with Gasteiger partial charge in [-0.3, -0.25) is 0 Å². The van der Waals surface area contributed by atoms with Crippen LogP contribution in [0.5, 0.6) is 0 Å². The molecular weight excluding hydrogens is 279 g/mol. The quantitative estimate of drug-likeness (QED) is 0.794. The number of nitrogens with one attached hydrogen (secondary N) is 1. The van der Waals surface area contributed by atoms with Gasteiger partial charge in [0.05, 0.1) is 17.8 Å². The topological polar surface area (TPSA) is 21.3 Å². The number of rotatable bonds is 0. The first kappa shape index (κ1) is 14.6. The SMILES string of the molecule is C[C@@]12CNC[C@@H]1c1cccc(C(F)(F)F)c1CO2.Cl. The van der Waals surface area contributed by atoms with E-state index >= 15 is 0 Å². The van der Waals surface area contributed by atoms with Crippen LogP contribution in [-0.4, -0.2) is 18.7 Å². The molecule has 0 bridgehead atoms. The van der Waals surface area contributed by atoms with Crippen LogP contribution in [0.4, 0.5) is 13.2 Å². The third-order valence-electron chi connectivity index (χ3n) is 4.00. The molecule has 0 radical (unpaired) electrons. The number of ether oxygens (including phenoxy) is 1. The standard InChI is InChI=1S/C13H14F3NO.ClH/c1-12-7-17-5-11(12)8-3-2-4-10(13(14,15)16)9(8)6-18-12;/h2-4,11,17H,5-7H2,1H3;1H/t11-,12-;/m1./s1. The van der Waals surface area contributed by atoms with Crippen LogP contribution in [0.2, 0.25) is 0 Å². The van der Waals surface area contributed by atoms with Gasteiger partial charge < -0.3 is 10.1 Å². The van der Waals surface area contributed by atoms with Gasteiger partial charge in [-0.15, -0.1) is 12.4 Å². The van der Waals surface area contributed by atoms with Gasteiger partial charge in [0.1, 0.15) is 0 Å². The highest BCUT2D eigenvalue weighted by Gasteiger charge is 2.46. The Kier molecular flexibility index (Phi) is 3.58. The highest BCUT2D eigenvalue weighted by molar-refractivity contribution is 5.85. The van der Waals surface area contributed by atoms with Crippen molar-refractivity contribution in [2.45, 2.75) is 31.2 Å². The molecule has 1 saturated heterocycles. The van der Waals surface area contributed by atoms with E-state index in [0.717, 1.165) is 11.6 Å². The van der Waals surface area contributed by atoms with Crippen molar-refractivity contribution >= 4 is 12.4 Å². The summed E-state index contributed by atoms with van der Waals surface area (Å²) in [6.45, 7) is 3.36. The zero-order chi connectivity index (χ0) is 13.0. The lowest BCUT2D eigenvalue weighted by molar-refractivity contribution is -0.140. The number of hydrogen-bond donors (Lipinski definition) is 1. The lowest BCUT2D eigenvalue weighted by atomic mass is 9.80. The Morgan fingerprint density at radius 3 is 2.79 bits per heavy atom. The molecule has 6 heteroatoms. The second-order valence-electron chi connectivity index (χ2n) is 5.16. The lowest BCUT2D eigenvalue weighted by Crippen LogP contribution is -2.40. The fourth-order valence-corrected chi connectivity index (χ4v) is 2.99. The first-order valence-electron chi connectivity index (χ1n) is 5.95. The van der Waals surface area contributed by atoms with Crippen LogP contribution in [0.15, 0.2) is 18.2 Å². The van der Waals surface area contributed by atoms with E-state index in [-0.39, 0.29) is 30.5 Å². The minimum absolute atomic E-state index is 0. The van der Waals surface area contributed by atoms with Crippen molar-refractivity contribution in [2.75, 3.05) is 13.1 Å². The minimum atomic E-state index is -4.31. The Morgan fingerprint density at radius 2 is 2.11 bits per heavy atom. The van der Waals surface area contributed by atoms with Crippen molar-refractivity contribution in [3.63, 3.8) is 0 Å². The largest absolute Gasteiger partial charge is 0.416 e. The van der Waals surface area contributed by atoms with E-state index in [1.54, 1.807) is 6.07 Å². The summed E-state index contributed by atoms with van der Waals surface area (Å²) in [5.41, 5.74) is 0.144. The van der Waals surface area contributed by atoms with Crippen LogP contribution in [0.25, 0.3) is 0 Å². The molecule has 1 aromatic rings. The van der Waals surface area contributed by atoms with E-state index in [1.165, 1.54) is 6.07 Å². The van der Waals surface area contributed by atoms with E-state index in [1.807, 2.05) is 6.92 Å². The van der Waals surface area contributed by atoms with E-state index in [9.17, 15) is 13.2 Å². The van der Waals surface area contributed by atoms with Crippen LogP contribution < -0.4 is 5.32 Å². The van der Waals surface area contributed by atoms with Gasteiger partial charge >= 0.3 is 6.18 Å². The van der Waals surface area contributed by atoms with Gasteiger partial charge in [0.25, 0.3) is 0 Å². The molecule has 1 aromatic carbocycles. The van der Waals surface area contributed by atoms with E-state index in [0.29, 0.717) is 18.7 Å². The molecule has 0 saturated carbocycles. The maximum absolute atomic E-state index is 12.9. The van der Waals surface area contributed by atoms with Crippen LogP contribution in [0, 0.1) is 0 Å². The van der Waals surface area contributed by atoms with E-state index in [2.05, 4.69) is 5.32 Å². The average molecular weight is 294 g/mol. The predicted molar refractivity (Wildman–Crippen MR) is 67.5 cm³/mol. The fourth-order valence-electron chi connectivity index (χ4n) is 2.99. The van der Waals surface area contributed by atoms with Crippen LogP contribution in [0.1, 0.15) is 29.5 Å². The Balaban J connectivity index is 0.00000133. The maximum Gasteiger partial charge on any atom is 0.416 e. The fraction of sp³-hybridized carbons (Fsp3) is 0.538. The van der Waals surface area contributed by atoms with Crippen molar-refractivity contribution in [1.82, 2.24) is 5.32 Å². The number of fused-ring (bicyclic) bond motifs is 3. The smallest absolute Gasteiger partial charge is 0.369 e. The van der Waals surface area contributed by atoms with E-state index in [4.69, 9.17) is 4.74 Å². The normalized spacial score (nSPS) is 29.4. The Hall–Kier alpha value is -0.780. The molecule has 2 aliphatic heterocycles. The van der Waals surface area contributed by atoms with Crippen molar-refractivity contribution < 1.29 is 17.9 Å². The summed E-state index contributed by atoms with van der Waals surface area (Å²) in [6.07, 6.45) is -4.31. The van der Waals surface area contributed by atoms with Gasteiger partial charge in [-0.25, -0.2) is 0 Å². The first-order valence-corrected chi connectivity index (χ1v) is 5.95. The van der Waals surface area contributed by atoms with Crippen molar-refractivity contribution in [3.8, 4) is 0 Å². The van der Waals surface area contributed by atoms with E-state index < -0.39 is 11.7 Å². The van der Waals surface area contributed by atoms with Gasteiger partial charge in [-0.2, -0.15) is 13.2 Å². The molecule has 0 aliphatic carbocycles. The Morgan fingerprint density at radius 1 is 1.37 bits per heavy atom. The summed E-state index contributed by atoms with van der Waals surface area (Å²) < 4.78 is 44.5. The second-order valence-corrected chi connectivity index (χ2v) is 5.16. The predicted octanol–water partition coefficient (Wildman–Crippen LogP) is 3.10. The number of hydrogen-bond acceptors (Lipinski definition) is 2. The molecule has 0 spiro atoms. The molecule has 19 heavy (non-hydrogen) atoms. The van der Waals surface area contributed by atoms with Gasteiger partial charge in [0.15, 0.2) is 0 Å². The van der Waals surface area contributed by atoms with Gasteiger partial charge in [0.2, 0.25) is 0 Å². The van der Waals surface area contributed by atoms with Crippen molar-refractivity contribution in [2.24, 2.45) is 0 Å². The summed E-state index contributed by atoms with van der Waals surface area (Å²) in [5, 5.41) is 3.20. The zero-order valence-corrected chi connectivity index (χ0v) is 11.2. The molecular formula is C13H15ClF3NO. The summed E-state index contributed by atoms with van der Waals surface area (Å²) in [7, 11) is 0. The number of alkyl halides is 3. The molecule has 0 unspecified atom stereocenters. The zero-order valence-electron chi connectivity index (χ0n) is 10.4. The first-order chi connectivity index (χ1) is 8.42. The second kappa shape index (κ2) is 4.65. The molecule has 2 heterocycles. The van der Waals surface area contributed by atoms with Crippen molar-refractivity contribution in [3.05, 3.63) is 34.9 Å². The molecule has 2 aliphatic rings. The average Bonchev–Trinajstić information content (AvgIpc) is 2.69. The molecule has 0 aromatic heterocycles. The Labute approximate surface area is 115 Å². The molecule has 0 amide bonds. The highest BCUT2D eigenvalue weighted by Crippen LogP contribution is 2.44. The van der Waals surface area contributed by atoms with Gasteiger partial charge in [0, 0.05) is 19.0 Å². The third-order valence-corrected chi connectivity index (χ3v) is 4.00.